The molecule has 0 aliphatic heterocycles. The fraction of sp³-hybridized carbons (Fsp3) is 0.583. The molecule has 0 saturated heterocycles. The third kappa shape index (κ3) is 3.10. The number of aromatic nitrogens is 1. The summed E-state index contributed by atoms with van der Waals surface area (Å²) in [6, 6.07) is 4.59. The van der Waals surface area contributed by atoms with Crippen molar-refractivity contribution in [2.24, 2.45) is 0 Å². The van der Waals surface area contributed by atoms with E-state index in [1.807, 2.05) is 13.0 Å². The molecule has 1 aromatic heterocycles. The fourth-order valence-electron chi connectivity index (χ4n) is 1.48. The number of hydrogen-bond acceptors (Lipinski definition) is 2. The summed E-state index contributed by atoms with van der Waals surface area (Å²) in [5.74, 6) is 1.56. The molecule has 1 atom stereocenters. The van der Waals surface area contributed by atoms with Gasteiger partial charge in [-0.15, -0.1) is 11.6 Å². The Morgan fingerprint density at radius 1 is 1.47 bits per heavy atom. The lowest BCUT2D eigenvalue weighted by Crippen LogP contribution is -2.29. The highest BCUT2D eigenvalue weighted by atomic mass is 35.5. The van der Waals surface area contributed by atoms with E-state index in [0.717, 1.165) is 23.5 Å². The van der Waals surface area contributed by atoms with Crippen LogP contribution in [0.15, 0.2) is 12.1 Å². The van der Waals surface area contributed by atoms with Crippen LogP contribution >= 0.6 is 11.6 Å². The van der Waals surface area contributed by atoms with Gasteiger partial charge in [-0.3, -0.25) is 0 Å². The highest BCUT2D eigenvalue weighted by Gasteiger charge is 2.10. The summed E-state index contributed by atoms with van der Waals surface area (Å²) in [5.41, 5.74) is 2.16. The van der Waals surface area contributed by atoms with Crippen LogP contribution < -0.4 is 4.90 Å². The number of halogens is 1. The number of pyridine rings is 1. The number of alkyl halides is 1. The van der Waals surface area contributed by atoms with Crippen molar-refractivity contribution in [3.63, 3.8) is 0 Å². The summed E-state index contributed by atoms with van der Waals surface area (Å²) in [6.07, 6.45) is 1.11. The lowest BCUT2D eigenvalue weighted by atomic mass is 10.2. The van der Waals surface area contributed by atoms with Crippen molar-refractivity contribution in [3.05, 3.63) is 23.4 Å². The molecule has 1 rings (SSSR count). The Hall–Kier alpha value is -0.760. The number of anilines is 1. The summed E-state index contributed by atoms with van der Waals surface area (Å²) in [5, 5.41) is 0. The first kappa shape index (κ1) is 12.3. The Balaban J connectivity index is 2.97. The van der Waals surface area contributed by atoms with Crippen molar-refractivity contribution in [1.82, 2.24) is 4.98 Å². The molecule has 0 amide bonds. The third-order valence-electron chi connectivity index (χ3n) is 2.77. The maximum Gasteiger partial charge on any atom is 0.129 e. The maximum atomic E-state index is 5.84. The maximum absolute atomic E-state index is 5.84. The second-order valence-corrected chi connectivity index (χ2v) is 4.24. The lowest BCUT2D eigenvalue weighted by molar-refractivity contribution is 0.656. The molecule has 1 aromatic rings. The zero-order valence-electron chi connectivity index (χ0n) is 9.92. The van der Waals surface area contributed by atoms with Crippen molar-refractivity contribution in [2.75, 3.05) is 11.9 Å². The predicted molar refractivity (Wildman–Crippen MR) is 66.7 cm³/mol. The summed E-state index contributed by atoms with van der Waals surface area (Å²) in [6.45, 7) is 6.38. The Morgan fingerprint density at radius 2 is 2.13 bits per heavy atom. The van der Waals surface area contributed by atoms with E-state index in [2.05, 4.69) is 36.8 Å². The van der Waals surface area contributed by atoms with Crippen LogP contribution in [0.3, 0.4) is 0 Å². The second-order valence-electron chi connectivity index (χ2n) is 3.98. The van der Waals surface area contributed by atoms with Crippen LogP contribution in [0.4, 0.5) is 5.82 Å². The van der Waals surface area contributed by atoms with Gasteiger partial charge in [0, 0.05) is 24.7 Å². The Kier molecular flexibility index (Phi) is 4.40. The smallest absolute Gasteiger partial charge is 0.129 e. The van der Waals surface area contributed by atoms with Crippen LogP contribution in [0.25, 0.3) is 0 Å². The third-order valence-corrected chi connectivity index (χ3v) is 3.08. The van der Waals surface area contributed by atoms with Gasteiger partial charge in [-0.05, 0) is 38.0 Å². The molecule has 0 bridgehead atoms. The van der Waals surface area contributed by atoms with Crippen molar-refractivity contribution >= 4 is 17.4 Å². The summed E-state index contributed by atoms with van der Waals surface area (Å²) < 4.78 is 0. The van der Waals surface area contributed by atoms with E-state index >= 15 is 0 Å². The number of nitrogens with zero attached hydrogens (tertiary/aromatic N) is 2. The average Bonchev–Trinajstić information content (AvgIpc) is 2.26. The molecular formula is C12H19ClN2. The number of hydrogen-bond donors (Lipinski definition) is 0. The van der Waals surface area contributed by atoms with Crippen LogP contribution in [0.1, 0.15) is 31.5 Å². The van der Waals surface area contributed by atoms with E-state index in [1.54, 1.807) is 0 Å². The molecule has 0 aromatic carbocycles. The fourth-order valence-corrected chi connectivity index (χ4v) is 1.63. The standard InChI is InChI=1S/C12H19ClN2/c1-5-10(3)15(4)12-7-11(8-13)6-9(2)14-12/h6-7,10H,5,8H2,1-4H3. The molecule has 0 radical (unpaired) electrons. The van der Waals surface area contributed by atoms with E-state index < -0.39 is 0 Å². The van der Waals surface area contributed by atoms with Gasteiger partial charge in [-0.25, -0.2) is 4.98 Å². The Bertz CT molecular complexity index is 325. The number of rotatable bonds is 4. The van der Waals surface area contributed by atoms with Crippen molar-refractivity contribution < 1.29 is 0 Å². The van der Waals surface area contributed by atoms with Gasteiger partial charge < -0.3 is 4.90 Å². The molecular weight excluding hydrogens is 208 g/mol. The molecule has 1 heterocycles. The van der Waals surface area contributed by atoms with Gasteiger partial charge >= 0.3 is 0 Å². The monoisotopic (exact) mass is 226 g/mol. The van der Waals surface area contributed by atoms with E-state index in [-0.39, 0.29) is 0 Å². The van der Waals surface area contributed by atoms with Crippen molar-refractivity contribution in [3.8, 4) is 0 Å². The van der Waals surface area contributed by atoms with Crippen LogP contribution in [-0.2, 0) is 5.88 Å². The number of aryl methyl sites for hydroxylation is 1. The SMILES string of the molecule is CCC(C)N(C)c1cc(CCl)cc(C)n1. The summed E-state index contributed by atoms with van der Waals surface area (Å²) in [7, 11) is 2.08. The topological polar surface area (TPSA) is 16.1 Å². The van der Waals surface area contributed by atoms with Gasteiger partial charge in [0.25, 0.3) is 0 Å². The minimum Gasteiger partial charge on any atom is -0.357 e. The van der Waals surface area contributed by atoms with Gasteiger partial charge in [0.2, 0.25) is 0 Å². The summed E-state index contributed by atoms with van der Waals surface area (Å²) >= 11 is 5.84. The highest BCUT2D eigenvalue weighted by Crippen LogP contribution is 2.18. The van der Waals surface area contributed by atoms with E-state index in [1.165, 1.54) is 0 Å². The lowest BCUT2D eigenvalue weighted by Gasteiger charge is -2.25. The first-order valence-corrected chi connectivity index (χ1v) is 5.88. The molecule has 0 spiro atoms. The molecule has 0 N–H and O–H groups in total. The van der Waals surface area contributed by atoms with Crippen LogP contribution in [0.5, 0.6) is 0 Å². The first-order chi connectivity index (χ1) is 7.08. The molecule has 0 aliphatic carbocycles. The normalized spacial score (nSPS) is 12.6. The minimum atomic E-state index is 0.502. The van der Waals surface area contributed by atoms with Gasteiger partial charge in [0.1, 0.15) is 5.82 Å². The predicted octanol–water partition coefficient (Wildman–Crippen LogP) is 3.36. The van der Waals surface area contributed by atoms with Crippen LogP contribution in [0, 0.1) is 6.92 Å². The molecule has 0 fully saturated rings. The van der Waals surface area contributed by atoms with E-state index in [9.17, 15) is 0 Å². The molecule has 84 valence electrons. The molecule has 1 unspecified atom stereocenters. The Morgan fingerprint density at radius 3 is 2.67 bits per heavy atom. The Labute approximate surface area is 97.3 Å². The van der Waals surface area contributed by atoms with Crippen molar-refractivity contribution in [2.45, 2.75) is 39.1 Å². The van der Waals surface area contributed by atoms with Gasteiger partial charge in [0.05, 0.1) is 0 Å². The molecule has 2 nitrogen and oxygen atoms in total. The van der Waals surface area contributed by atoms with Gasteiger partial charge in [-0.1, -0.05) is 6.92 Å². The largest absolute Gasteiger partial charge is 0.357 e. The van der Waals surface area contributed by atoms with Crippen LogP contribution in [-0.4, -0.2) is 18.1 Å². The second kappa shape index (κ2) is 5.36. The summed E-state index contributed by atoms with van der Waals surface area (Å²) in [4.78, 5) is 6.72. The van der Waals surface area contributed by atoms with Crippen LogP contribution in [0.2, 0.25) is 0 Å². The zero-order chi connectivity index (χ0) is 11.4. The molecule has 15 heavy (non-hydrogen) atoms. The zero-order valence-corrected chi connectivity index (χ0v) is 10.7. The molecule has 0 aliphatic rings. The van der Waals surface area contributed by atoms with Gasteiger partial charge in [0.15, 0.2) is 0 Å². The quantitative estimate of drug-likeness (QED) is 0.732. The minimum absolute atomic E-state index is 0.502. The molecule has 3 heteroatoms. The first-order valence-electron chi connectivity index (χ1n) is 5.34. The van der Waals surface area contributed by atoms with Crippen molar-refractivity contribution in [1.29, 1.82) is 0 Å². The highest BCUT2D eigenvalue weighted by molar-refractivity contribution is 6.17. The van der Waals surface area contributed by atoms with E-state index in [0.29, 0.717) is 11.9 Å². The average molecular weight is 227 g/mol. The molecule has 0 saturated carbocycles. The van der Waals surface area contributed by atoms with E-state index in [4.69, 9.17) is 11.6 Å². The van der Waals surface area contributed by atoms with Gasteiger partial charge in [-0.2, -0.15) is 0 Å².